The van der Waals surface area contributed by atoms with Crippen molar-refractivity contribution in [2.45, 2.75) is 25.8 Å². The predicted octanol–water partition coefficient (Wildman–Crippen LogP) is 3.80. The Morgan fingerprint density at radius 1 is 1.36 bits per heavy atom. The van der Waals surface area contributed by atoms with Gasteiger partial charge < -0.3 is 10.1 Å². The lowest BCUT2D eigenvalue weighted by Gasteiger charge is -2.24. The maximum atomic E-state index is 12.3. The fourth-order valence-electron chi connectivity index (χ4n) is 2.79. The Kier molecular flexibility index (Phi) is 4.57. The van der Waals surface area contributed by atoms with Gasteiger partial charge in [0.25, 0.3) is 5.91 Å². The molecular weight excluding hydrogens is 358 g/mol. The highest BCUT2D eigenvalue weighted by Gasteiger charge is 2.24. The van der Waals surface area contributed by atoms with E-state index in [1.54, 1.807) is 17.4 Å². The van der Waals surface area contributed by atoms with E-state index in [0.29, 0.717) is 30.4 Å². The number of hydrogen-bond acceptors (Lipinski definition) is 4. The Morgan fingerprint density at radius 2 is 2.20 bits per heavy atom. The van der Waals surface area contributed by atoms with Gasteiger partial charge in [-0.15, -0.1) is 11.3 Å². The number of halogens is 1. The molecule has 0 bridgehead atoms. The van der Waals surface area contributed by atoms with Crippen molar-refractivity contribution < 1.29 is 9.53 Å². The second-order valence-corrected chi connectivity index (χ2v) is 7.28. The van der Waals surface area contributed by atoms with E-state index in [1.807, 2.05) is 46.5 Å². The van der Waals surface area contributed by atoms with Crippen LogP contribution in [0, 0.1) is 0 Å². The molecule has 25 heavy (non-hydrogen) atoms. The number of nitrogens with zero attached hydrogens (tertiary/aromatic N) is 2. The number of carbonyl (C=O) groups excluding carboxylic acids is 1. The maximum Gasteiger partial charge on any atom is 0.272 e. The highest BCUT2D eigenvalue weighted by molar-refractivity contribution is 7.09. The molecule has 1 N–H and O–H groups in total. The van der Waals surface area contributed by atoms with E-state index in [1.165, 1.54) is 0 Å². The number of hydrogen-bond donors (Lipinski definition) is 1. The van der Waals surface area contributed by atoms with Crippen LogP contribution in [-0.2, 0) is 24.4 Å². The van der Waals surface area contributed by atoms with E-state index in [2.05, 4.69) is 10.4 Å². The number of rotatable bonds is 4. The second-order valence-electron chi connectivity index (χ2n) is 5.82. The van der Waals surface area contributed by atoms with E-state index in [0.717, 1.165) is 16.1 Å². The van der Waals surface area contributed by atoms with Crippen molar-refractivity contribution in [2.24, 2.45) is 0 Å². The molecule has 4 rings (SSSR count). The van der Waals surface area contributed by atoms with E-state index < -0.39 is 0 Å². The van der Waals surface area contributed by atoms with Gasteiger partial charge in [0, 0.05) is 9.90 Å². The van der Waals surface area contributed by atoms with Crippen molar-refractivity contribution in [3.63, 3.8) is 0 Å². The topological polar surface area (TPSA) is 56.2 Å². The number of fused-ring (bicyclic) bond motifs is 1. The Balaban J connectivity index is 1.45. The number of ether oxygens (including phenoxy) is 1. The van der Waals surface area contributed by atoms with Gasteiger partial charge in [0.2, 0.25) is 0 Å². The summed E-state index contributed by atoms with van der Waals surface area (Å²) < 4.78 is 7.76. The Labute approximate surface area is 154 Å². The summed E-state index contributed by atoms with van der Waals surface area (Å²) >= 11 is 7.55. The van der Waals surface area contributed by atoms with Gasteiger partial charge in [0.05, 0.1) is 25.4 Å². The van der Waals surface area contributed by atoms with Crippen LogP contribution in [0.4, 0.5) is 0 Å². The van der Waals surface area contributed by atoms with Gasteiger partial charge in [-0.25, -0.2) is 0 Å². The second kappa shape index (κ2) is 7.00. The molecule has 1 atom stereocenters. The van der Waals surface area contributed by atoms with Crippen LogP contribution in [0.1, 0.15) is 32.7 Å². The van der Waals surface area contributed by atoms with E-state index >= 15 is 0 Å². The Hall–Kier alpha value is -2.15. The number of thiophene rings is 1. The maximum absolute atomic E-state index is 12.3. The minimum atomic E-state index is -0.168. The molecule has 128 valence electrons. The molecular formula is C18H16ClN3O2S. The van der Waals surface area contributed by atoms with Crippen LogP contribution in [0.25, 0.3) is 0 Å². The van der Waals surface area contributed by atoms with E-state index in [4.69, 9.17) is 16.3 Å². The molecule has 3 aromatic rings. The molecule has 1 aliphatic rings. The van der Waals surface area contributed by atoms with Gasteiger partial charge in [0.15, 0.2) is 5.69 Å². The molecule has 0 radical (unpaired) electrons. The van der Waals surface area contributed by atoms with Crippen LogP contribution < -0.4 is 5.32 Å². The third kappa shape index (κ3) is 3.61. The summed E-state index contributed by atoms with van der Waals surface area (Å²) in [6.45, 7) is 1.52. The predicted molar refractivity (Wildman–Crippen MR) is 96.7 cm³/mol. The van der Waals surface area contributed by atoms with Gasteiger partial charge >= 0.3 is 0 Å². The summed E-state index contributed by atoms with van der Waals surface area (Å²) in [6, 6.07) is 13.4. The van der Waals surface area contributed by atoms with Gasteiger partial charge in [-0.2, -0.15) is 5.10 Å². The lowest BCUT2D eigenvalue weighted by molar-refractivity contribution is -0.00119. The van der Waals surface area contributed by atoms with Crippen LogP contribution in [0.3, 0.4) is 0 Å². The highest BCUT2D eigenvalue weighted by atomic mass is 35.5. The number of amides is 1. The largest absolute Gasteiger partial charge is 0.365 e. The van der Waals surface area contributed by atoms with Crippen molar-refractivity contribution >= 4 is 28.8 Å². The molecule has 1 amide bonds. The first-order valence-electron chi connectivity index (χ1n) is 7.93. The fraction of sp³-hybridized carbons (Fsp3) is 0.222. The zero-order valence-corrected chi connectivity index (χ0v) is 14.9. The van der Waals surface area contributed by atoms with Gasteiger partial charge in [-0.1, -0.05) is 29.8 Å². The molecule has 0 fully saturated rings. The summed E-state index contributed by atoms with van der Waals surface area (Å²) in [7, 11) is 0. The molecule has 0 saturated heterocycles. The normalized spacial score (nSPS) is 16.4. The van der Waals surface area contributed by atoms with Crippen LogP contribution in [0.5, 0.6) is 0 Å². The molecule has 1 aliphatic heterocycles. The fourth-order valence-corrected chi connectivity index (χ4v) is 3.56. The molecule has 7 heteroatoms. The monoisotopic (exact) mass is 373 g/mol. The van der Waals surface area contributed by atoms with Crippen molar-refractivity contribution in [3.8, 4) is 0 Å². The highest BCUT2D eigenvalue weighted by Crippen LogP contribution is 2.27. The first-order chi connectivity index (χ1) is 12.2. The van der Waals surface area contributed by atoms with Crippen LogP contribution >= 0.6 is 22.9 Å². The van der Waals surface area contributed by atoms with Gasteiger partial charge in [0.1, 0.15) is 6.10 Å². The van der Waals surface area contributed by atoms with Crippen molar-refractivity contribution in [1.29, 1.82) is 0 Å². The molecule has 0 unspecified atom stereocenters. The first kappa shape index (κ1) is 16.3. The van der Waals surface area contributed by atoms with Gasteiger partial charge in [-0.05, 0) is 35.2 Å². The zero-order valence-electron chi connectivity index (χ0n) is 13.3. The lowest BCUT2D eigenvalue weighted by atomic mass is 10.1. The van der Waals surface area contributed by atoms with E-state index in [9.17, 15) is 4.79 Å². The molecule has 1 aromatic carbocycles. The minimum Gasteiger partial charge on any atom is -0.365 e. The molecule has 0 spiro atoms. The Bertz CT molecular complexity index is 874. The standard InChI is InChI=1S/C18H16ClN3O2S/c19-13-5-3-12(4-6-13)17-10-22-14(11-24-17)8-16(21-22)18(23)20-9-15-2-1-7-25-15/h1-8,17H,9-11H2,(H,20,23)/t17-/m1/s1. The zero-order chi connectivity index (χ0) is 17.2. The number of aromatic nitrogens is 2. The first-order valence-corrected chi connectivity index (χ1v) is 9.19. The van der Waals surface area contributed by atoms with Crippen molar-refractivity contribution in [3.05, 3.63) is 74.7 Å². The molecule has 5 nitrogen and oxygen atoms in total. The summed E-state index contributed by atoms with van der Waals surface area (Å²) in [4.78, 5) is 13.4. The molecule has 0 saturated carbocycles. The summed E-state index contributed by atoms with van der Waals surface area (Å²) in [5.41, 5.74) is 2.38. The average molecular weight is 374 g/mol. The minimum absolute atomic E-state index is 0.0910. The molecule has 2 aromatic heterocycles. The van der Waals surface area contributed by atoms with E-state index in [-0.39, 0.29) is 12.0 Å². The summed E-state index contributed by atoms with van der Waals surface area (Å²) in [5, 5.41) is 10.0. The number of carbonyl (C=O) groups is 1. The van der Waals surface area contributed by atoms with Crippen LogP contribution in [-0.4, -0.2) is 15.7 Å². The van der Waals surface area contributed by atoms with Gasteiger partial charge in [-0.3, -0.25) is 9.48 Å². The van der Waals surface area contributed by atoms with Crippen LogP contribution in [0.2, 0.25) is 5.02 Å². The van der Waals surface area contributed by atoms with Crippen molar-refractivity contribution in [2.75, 3.05) is 0 Å². The molecule has 3 heterocycles. The summed E-state index contributed by atoms with van der Waals surface area (Å²) in [5.74, 6) is -0.168. The quantitative estimate of drug-likeness (QED) is 0.756. The van der Waals surface area contributed by atoms with Crippen molar-refractivity contribution in [1.82, 2.24) is 15.1 Å². The summed E-state index contributed by atoms with van der Waals surface area (Å²) in [6.07, 6.45) is -0.0910. The molecule has 0 aliphatic carbocycles. The number of nitrogens with one attached hydrogen (secondary N) is 1. The number of benzene rings is 1. The van der Waals surface area contributed by atoms with Crippen LogP contribution in [0.15, 0.2) is 47.8 Å². The smallest absolute Gasteiger partial charge is 0.272 e. The SMILES string of the molecule is O=C(NCc1cccs1)c1cc2n(n1)C[C@H](c1ccc(Cl)cc1)OC2. The Morgan fingerprint density at radius 3 is 2.96 bits per heavy atom. The third-order valence-electron chi connectivity index (χ3n) is 4.11. The average Bonchev–Trinajstić information content (AvgIpc) is 3.29. The third-order valence-corrected chi connectivity index (χ3v) is 5.24. The lowest BCUT2D eigenvalue weighted by Crippen LogP contribution is -2.24.